The number of rotatable bonds is 4. The molecule has 2 fully saturated rings. The Morgan fingerprint density at radius 2 is 1.17 bits per heavy atom. The van der Waals surface area contributed by atoms with Crippen LogP contribution in [0, 0.1) is 0 Å². The highest BCUT2D eigenvalue weighted by atomic mass is 15.2. The molecule has 0 aromatic rings. The van der Waals surface area contributed by atoms with Crippen LogP contribution >= 0.6 is 0 Å². The fourth-order valence-electron chi connectivity index (χ4n) is 3.79. The lowest BCUT2D eigenvalue weighted by Gasteiger charge is -2.43. The van der Waals surface area contributed by atoms with Crippen LogP contribution in [0.5, 0.6) is 0 Å². The summed E-state index contributed by atoms with van der Waals surface area (Å²) in [6.45, 7) is 3.57. The molecule has 0 amide bonds. The second-order valence-electron chi connectivity index (χ2n) is 6.38. The maximum absolute atomic E-state index is 6.03. The third-order valence-electron chi connectivity index (χ3n) is 4.90. The fraction of sp³-hybridized carbons (Fsp3) is 1.00. The second kappa shape index (κ2) is 6.88. The van der Waals surface area contributed by atoms with E-state index in [4.69, 9.17) is 11.5 Å². The summed E-state index contributed by atoms with van der Waals surface area (Å²) in [5.41, 5.74) is 12.1. The monoisotopic (exact) mass is 253 g/mol. The minimum atomic E-state index is 0.463. The van der Waals surface area contributed by atoms with Crippen LogP contribution in [0.1, 0.15) is 64.7 Å². The molecule has 0 heterocycles. The Balaban J connectivity index is 1.90. The molecule has 0 aromatic carbocycles. The zero-order chi connectivity index (χ0) is 13.0. The van der Waals surface area contributed by atoms with E-state index in [9.17, 15) is 0 Å². The van der Waals surface area contributed by atoms with Crippen LogP contribution in [-0.2, 0) is 0 Å². The molecule has 3 nitrogen and oxygen atoms in total. The summed E-state index contributed by atoms with van der Waals surface area (Å²) in [5, 5.41) is 0. The van der Waals surface area contributed by atoms with Crippen molar-refractivity contribution in [2.24, 2.45) is 11.5 Å². The predicted octanol–water partition coefficient (Wildman–Crippen LogP) is 2.24. The van der Waals surface area contributed by atoms with E-state index in [2.05, 4.69) is 11.8 Å². The number of hydrogen-bond donors (Lipinski definition) is 2. The van der Waals surface area contributed by atoms with E-state index in [0.29, 0.717) is 12.1 Å². The van der Waals surface area contributed by atoms with Crippen molar-refractivity contribution in [2.75, 3.05) is 6.54 Å². The normalized spacial score (nSPS) is 38.0. The van der Waals surface area contributed by atoms with E-state index in [-0.39, 0.29) is 0 Å². The largest absolute Gasteiger partial charge is 0.328 e. The smallest absolute Gasteiger partial charge is 0.00993 e. The molecular weight excluding hydrogens is 222 g/mol. The Morgan fingerprint density at radius 3 is 1.50 bits per heavy atom. The highest BCUT2D eigenvalue weighted by molar-refractivity contribution is 4.88. The van der Waals surface area contributed by atoms with E-state index in [1.54, 1.807) is 0 Å². The number of nitrogens with two attached hydrogens (primary N) is 2. The van der Waals surface area contributed by atoms with Gasteiger partial charge in [-0.1, -0.05) is 6.92 Å². The van der Waals surface area contributed by atoms with Crippen molar-refractivity contribution in [2.45, 2.75) is 88.9 Å². The number of nitrogens with zero attached hydrogens (tertiary/aromatic N) is 1. The predicted molar refractivity (Wildman–Crippen MR) is 77.5 cm³/mol. The Morgan fingerprint density at radius 1 is 0.778 bits per heavy atom. The van der Waals surface area contributed by atoms with Gasteiger partial charge < -0.3 is 11.5 Å². The molecular formula is C15H31N3. The van der Waals surface area contributed by atoms with Gasteiger partial charge in [0, 0.05) is 24.2 Å². The fourth-order valence-corrected chi connectivity index (χ4v) is 3.79. The average molecular weight is 253 g/mol. The molecule has 0 aromatic heterocycles. The Bertz CT molecular complexity index is 206. The van der Waals surface area contributed by atoms with Gasteiger partial charge in [-0.2, -0.15) is 0 Å². The molecule has 4 N–H and O–H groups in total. The van der Waals surface area contributed by atoms with Crippen molar-refractivity contribution in [3.8, 4) is 0 Å². The van der Waals surface area contributed by atoms with Crippen LogP contribution in [0.25, 0.3) is 0 Å². The van der Waals surface area contributed by atoms with Crippen LogP contribution < -0.4 is 11.5 Å². The minimum absolute atomic E-state index is 0.463. The first-order valence-corrected chi connectivity index (χ1v) is 7.97. The summed E-state index contributed by atoms with van der Waals surface area (Å²) in [6, 6.07) is 2.52. The van der Waals surface area contributed by atoms with Crippen molar-refractivity contribution in [3.63, 3.8) is 0 Å². The summed E-state index contributed by atoms with van der Waals surface area (Å²) < 4.78 is 0. The van der Waals surface area contributed by atoms with E-state index < -0.39 is 0 Å². The zero-order valence-corrected chi connectivity index (χ0v) is 12.0. The van der Waals surface area contributed by atoms with Crippen molar-refractivity contribution in [1.29, 1.82) is 0 Å². The molecule has 0 radical (unpaired) electrons. The molecule has 2 saturated carbocycles. The molecule has 3 heteroatoms. The molecule has 0 aliphatic heterocycles. The molecule has 0 unspecified atom stereocenters. The van der Waals surface area contributed by atoms with Crippen molar-refractivity contribution >= 4 is 0 Å². The summed E-state index contributed by atoms with van der Waals surface area (Å²) >= 11 is 0. The molecule has 2 aliphatic carbocycles. The lowest BCUT2D eigenvalue weighted by Crippen LogP contribution is -2.48. The highest BCUT2D eigenvalue weighted by Crippen LogP contribution is 2.29. The first-order chi connectivity index (χ1) is 8.70. The summed E-state index contributed by atoms with van der Waals surface area (Å²) in [7, 11) is 0. The van der Waals surface area contributed by atoms with Gasteiger partial charge in [0.2, 0.25) is 0 Å². The van der Waals surface area contributed by atoms with Crippen molar-refractivity contribution in [1.82, 2.24) is 4.90 Å². The van der Waals surface area contributed by atoms with Crippen LogP contribution in [0.3, 0.4) is 0 Å². The van der Waals surface area contributed by atoms with Gasteiger partial charge in [0.1, 0.15) is 0 Å². The SMILES string of the molecule is CCCN(C1CCC(N)CC1)C1CCC(N)CC1. The van der Waals surface area contributed by atoms with Gasteiger partial charge in [-0.15, -0.1) is 0 Å². The molecule has 0 spiro atoms. The molecule has 0 saturated heterocycles. The van der Waals surface area contributed by atoms with Gasteiger partial charge in [0.25, 0.3) is 0 Å². The minimum Gasteiger partial charge on any atom is -0.328 e. The van der Waals surface area contributed by atoms with E-state index in [0.717, 1.165) is 12.1 Å². The average Bonchev–Trinajstić information content (AvgIpc) is 2.39. The van der Waals surface area contributed by atoms with Crippen LogP contribution in [-0.4, -0.2) is 35.6 Å². The van der Waals surface area contributed by atoms with Gasteiger partial charge in [0.05, 0.1) is 0 Å². The lowest BCUT2D eigenvalue weighted by atomic mass is 9.86. The van der Waals surface area contributed by atoms with E-state index in [1.165, 1.54) is 64.3 Å². The first-order valence-electron chi connectivity index (χ1n) is 7.97. The van der Waals surface area contributed by atoms with Gasteiger partial charge in [-0.05, 0) is 64.3 Å². The topological polar surface area (TPSA) is 55.3 Å². The standard InChI is InChI=1S/C15H31N3/c1-2-11-18(14-7-3-12(16)4-8-14)15-9-5-13(17)6-10-15/h12-15H,2-11,16-17H2,1H3. The second-order valence-corrected chi connectivity index (χ2v) is 6.38. The van der Waals surface area contributed by atoms with Crippen molar-refractivity contribution in [3.05, 3.63) is 0 Å². The van der Waals surface area contributed by atoms with Gasteiger partial charge in [-0.3, -0.25) is 4.90 Å². The first kappa shape index (κ1) is 14.3. The third-order valence-corrected chi connectivity index (χ3v) is 4.90. The van der Waals surface area contributed by atoms with Gasteiger partial charge in [-0.25, -0.2) is 0 Å². The molecule has 0 atom stereocenters. The maximum atomic E-state index is 6.03. The zero-order valence-electron chi connectivity index (χ0n) is 12.0. The van der Waals surface area contributed by atoms with Crippen LogP contribution in [0.15, 0.2) is 0 Å². The van der Waals surface area contributed by atoms with E-state index in [1.807, 2.05) is 0 Å². The Labute approximate surface area is 112 Å². The highest BCUT2D eigenvalue weighted by Gasteiger charge is 2.30. The quantitative estimate of drug-likeness (QED) is 0.808. The Hall–Kier alpha value is -0.120. The molecule has 18 heavy (non-hydrogen) atoms. The van der Waals surface area contributed by atoms with Gasteiger partial charge >= 0.3 is 0 Å². The lowest BCUT2D eigenvalue weighted by molar-refractivity contribution is 0.0746. The summed E-state index contributed by atoms with van der Waals surface area (Å²) in [4.78, 5) is 2.80. The van der Waals surface area contributed by atoms with Crippen LogP contribution in [0.4, 0.5) is 0 Å². The summed E-state index contributed by atoms with van der Waals surface area (Å²) in [5.74, 6) is 0. The molecule has 2 aliphatic rings. The van der Waals surface area contributed by atoms with Gasteiger partial charge in [0.15, 0.2) is 0 Å². The molecule has 0 bridgehead atoms. The number of hydrogen-bond acceptors (Lipinski definition) is 3. The molecule has 106 valence electrons. The summed E-state index contributed by atoms with van der Waals surface area (Å²) in [6.07, 6.45) is 11.4. The third kappa shape index (κ3) is 3.69. The van der Waals surface area contributed by atoms with Crippen molar-refractivity contribution < 1.29 is 0 Å². The van der Waals surface area contributed by atoms with Crippen LogP contribution in [0.2, 0.25) is 0 Å². The molecule has 2 rings (SSSR count). The van der Waals surface area contributed by atoms with E-state index >= 15 is 0 Å². The Kier molecular flexibility index (Phi) is 5.46. The maximum Gasteiger partial charge on any atom is 0.00993 e.